The summed E-state index contributed by atoms with van der Waals surface area (Å²) >= 11 is 0. The largest absolute Gasteiger partial charge is 0.508 e. The Morgan fingerprint density at radius 3 is 2.67 bits per heavy atom. The number of rotatable bonds is 5. The molecule has 0 fully saturated rings. The van der Waals surface area contributed by atoms with Gasteiger partial charge in [0.15, 0.2) is 6.10 Å². The highest BCUT2D eigenvalue weighted by atomic mass is 16.5. The maximum atomic E-state index is 11.7. The Kier molecular flexibility index (Phi) is 5.01. The van der Waals surface area contributed by atoms with Crippen molar-refractivity contribution in [3.8, 4) is 11.5 Å². The number of hydrogen-bond acceptors (Lipinski definition) is 3. The van der Waals surface area contributed by atoms with E-state index in [1.165, 1.54) is 0 Å². The van der Waals surface area contributed by atoms with Crippen LogP contribution in [0.15, 0.2) is 18.2 Å². The summed E-state index contributed by atoms with van der Waals surface area (Å²) in [5, 5.41) is 12.4. The van der Waals surface area contributed by atoms with Crippen LogP contribution in [0, 0.1) is 12.8 Å². The predicted molar refractivity (Wildman–Crippen MR) is 70.8 cm³/mol. The second-order valence-electron chi connectivity index (χ2n) is 4.80. The number of benzene rings is 1. The molecule has 100 valence electrons. The average Bonchev–Trinajstić information content (AvgIpc) is 2.31. The van der Waals surface area contributed by atoms with Crippen LogP contribution in [0.25, 0.3) is 0 Å². The van der Waals surface area contributed by atoms with Crippen LogP contribution >= 0.6 is 0 Å². The summed E-state index contributed by atoms with van der Waals surface area (Å²) in [5.41, 5.74) is 0.640. The molecule has 0 saturated carbocycles. The van der Waals surface area contributed by atoms with Gasteiger partial charge in [-0.25, -0.2) is 0 Å². The van der Waals surface area contributed by atoms with E-state index in [1.54, 1.807) is 32.0 Å². The lowest BCUT2D eigenvalue weighted by atomic mass is 10.2. The Bertz CT molecular complexity index is 416. The highest BCUT2D eigenvalue weighted by Gasteiger charge is 2.16. The molecule has 0 aliphatic carbocycles. The average molecular weight is 251 g/mol. The standard InChI is InChI=1S/C14H21NO3/c1-9(2)8-15-14(17)11(4)18-13-7-5-6-12(16)10(13)3/h5-7,9,11,16H,8H2,1-4H3,(H,15,17). The van der Waals surface area contributed by atoms with Gasteiger partial charge in [0.25, 0.3) is 5.91 Å². The summed E-state index contributed by atoms with van der Waals surface area (Å²) in [4.78, 5) is 11.7. The number of carbonyl (C=O) groups is 1. The molecule has 18 heavy (non-hydrogen) atoms. The Morgan fingerprint density at radius 1 is 1.39 bits per heavy atom. The Morgan fingerprint density at radius 2 is 2.06 bits per heavy atom. The van der Waals surface area contributed by atoms with E-state index in [-0.39, 0.29) is 11.7 Å². The summed E-state index contributed by atoms with van der Waals surface area (Å²) in [7, 11) is 0. The molecule has 0 saturated heterocycles. The van der Waals surface area contributed by atoms with Crippen molar-refractivity contribution < 1.29 is 14.6 Å². The molecule has 0 spiro atoms. The van der Waals surface area contributed by atoms with Crippen LogP contribution in [0.2, 0.25) is 0 Å². The number of amides is 1. The van der Waals surface area contributed by atoms with E-state index < -0.39 is 6.10 Å². The van der Waals surface area contributed by atoms with E-state index in [9.17, 15) is 9.90 Å². The predicted octanol–water partition coefficient (Wildman–Crippen LogP) is 2.24. The minimum atomic E-state index is -0.579. The fraction of sp³-hybridized carbons (Fsp3) is 0.500. The normalized spacial score (nSPS) is 12.3. The molecule has 0 aliphatic rings. The van der Waals surface area contributed by atoms with Crippen molar-refractivity contribution in [1.29, 1.82) is 0 Å². The number of ether oxygens (including phenoxy) is 1. The molecule has 0 aromatic heterocycles. The van der Waals surface area contributed by atoms with Gasteiger partial charge in [-0.2, -0.15) is 0 Å². The minimum absolute atomic E-state index is 0.147. The monoisotopic (exact) mass is 251 g/mol. The lowest BCUT2D eigenvalue weighted by Gasteiger charge is -2.17. The topological polar surface area (TPSA) is 58.6 Å². The zero-order valence-electron chi connectivity index (χ0n) is 11.4. The quantitative estimate of drug-likeness (QED) is 0.843. The Labute approximate surface area is 108 Å². The summed E-state index contributed by atoms with van der Waals surface area (Å²) in [6.45, 7) is 8.14. The van der Waals surface area contributed by atoms with Crippen LogP contribution in [0.1, 0.15) is 26.3 Å². The van der Waals surface area contributed by atoms with Crippen molar-refractivity contribution in [2.75, 3.05) is 6.54 Å². The van der Waals surface area contributed by atoms with E-state index in [0.29, 0.717) is 23.8 Å². The number of aromatic hydroxyl groups is 1. The fourth-order valence-electron chi connectivity index (χ4n) is 1.42. The summed E-state index contributed by atoms with van der Waals surface area (Å²) in [6, 6.07) is 5.02. The van der Waals surface area contributed by atoms with Gasteiger partial charge in [-0.05, 0) is 31.9 Å². The van der Waals surface area contributed by atoms with E-state index in [0.717, 1.165) is 0 Å². The van der Waals surface area contributed by atoms with Crippen LogP contribution in [0.4, 0.5) is 0 Å². The fourth-order valence-corrected chi connectivity index (χ4v) is 1.42. The maximum Gasteiger partial charge on any atom is 0.260 e. The van der Waals surface area contributed by atoms with E-state index in [1.807, 2.05) is 13.8 Å². The third kappa shape index (κ3) is 3.95. The van der Waals surface area contributed by atoms with E-state index in [2.05, 4.69) is 5.32 Å². The molecule has 0 heterocycles. The van der Waals surface area contributed by atoms with Crippen molar-refractivity contribution >= 4 is 5.91 Å². The molecule has 4 heteroatoms. The zero-order valence-corrected chi connectivity index (χ0v) is 11.4. The number of phenolic OH excluding ortho intramolecular Hbond substituents is 1. The van der Waals surface area contributed by atoms with Gasteiger partial charge in [0.2, 0.25) is 0 Å². The van der Waals surface area contributed by atoms with Gasteiger partial charge >= 0.3 is 0 Å². The van der Waals surface area contributed by atoms with Gasteiger partial charge < -0.3 is 15.2 Å². The Balaban J connectivity index is 2.61. The molecular formula is C14H21NO3. The number of carbonyl (C=O) groups excluding carboxylic acids is 1. The molecule has 1 aromatic rings. The first-order valence-electron chi connectivity index (χ1n) is 6.14. The third-order valence-electron chi connectivity index (χ3n) is 2.61. The van der Waals surface area contributed by atoms with Crippen LogP contribution in [-0.4, -0.2) is 23.7 Å². The van der Waals surface area contributed by atoms with Gasteiger partial charge in [-0.15, -0.1) is 0 Å². The van der Waals surface area contributed by atoms with E-state index >= 15 is 0 Å². The van der Waals surface area contributed by atoms with Crippen molar-refractivity contribution in [3.63, 3.8) is 0 Å². The molecule has 1 rings (SSSR count). The number of hydrogen-bond donors (Lipinski definition) is 2. The first-order valence-corrected chi connectivity index (χ1v) is 6.14. The molecule has 1 aromatic carbocycles. The van der Waals surface area contributed by atoms with Crippen LogP contribution in [-0.2, 0) is 4.79 Å². The van der Waals surface area contributed by atoms with Crippen molar-refractivity contribution in [2.45, 2.75) is 33.8 Å². The van der Waals surface area contributed by atoms with Gasteiger partial charge in [-0.1, -0.05) is 19.9 Å². The highest BCUT2D eigenvalue weighted by molar-refractivity contribution is 5.80. The molecule has 4 nitrogen and oxygen atoms in total. The second-order valence-corrected chi connectivity index (χ2v) is 4.80. The zero-order chi connectivity index (χ0) is 13.7. The minimum Gasteiger partial charge on any atom is -0.508 e. The van der Waals surface area contributed by atoms with Crippen molar-refractivity contribution in [1.82, 2.24) is 5.32 Å². The van der Waals surface area contributed by atoms with Gasteiger partial charge in [0.1, 0.15) is 11.5 Å². The molecule has 0 aliphatic heterocycles. The van der Waals surface area contributed by atoms with Crippen LogP contribution in [0.5, 0.6) is 11.5 Å². The van der Waals surface area contributed by atoms with Crippen molar-refractivity contribution in [3.05, 3.63) is 23.8 Å². The van der Waals surface area contributed by atoms with Crippen LogP contribution < -0.4 is 10.1 Å². The van der Waals surface area contributed by atoms with Gasteiger partial charge in [0, 0.05) is 12.1 Å². The SMILES string of the molecule is Cc1c(O)cccc1OC(C)C(=O)NCC(C)C. The lowest BCUT2D eigenvalue weighted by molar-refractivity contribution is -0.127. The summed E-state index contributed by atoms with van der Waals surface area (Å²) < 4.78 is 5.55. The molecule has 0 radical (unpaired) electrons. The first-order chi connectivity index (χ1) is 8.41. The molecule has 1 amide bonds. The Hall–Kier alpha value is -1.71. The first kappa shape index (κ1) is 14.4. The summed E-state index contributed by atoms with van der Waals surface area (Å²) in [5.74, 6) is 0.958. The number of nitrogens with one attached hydrogen (secondary N) is 1. The molecule has 2 N–H and O–H groups in total. The summed E-state index contributed by atoms with van der Waals surface area (Å²) in [6.07, 6.45) is -0.579. The third-order valence-corrected chi connectivity index (χ3v) is 2.61. The van der Waals surface area contributed by atoms with Crippen molar-refractivity contribution in [2.24, 2.45) is 5.92 Å². The number of phenols is 1. The smallest absolute Gasteiger partial charge is 0.260 e. The molecule has 1 unspecified atom stereocenters. The van der Waals surface area contributed by atoms with Crippen LogP contribution in [0.3, 0.4) is 0 Å². The van der Waals surface area contributed by atoms with Gasteiger partial charge in [0.05, 0.1) is 0 Å². The van der Waals surface area contributed by atoms with Gasteiger partial charge in [-0.3, -0.25) is 4.79 Å². The molecular weight excluding hydrogens is 230 g/mol. The highest BCUT2D eigenvalue weighted by Crippen LogP contribution is 2.26. The molecule has 0 bridgehead atoms. The molecule has 1 atom stereocenters. The van der Waals surface area contributed by atoms with E-state index in [4.69, 9.17) is 4.74 Å². The maximum absolute atomic E-state index is 11.7. The second kappa shape index (κ2) is 6.28. The lowest BCUT2D eigenvalue weighted by Crippen LogP contribution is -2.38.